The van der Waals surface area contributed by atoms with Crippen LogP contribution in [0.3, 0.4) is 0 Å². The van der Waals surface area contributed by atoms with Crippen LogP contribution in [-0.2, 0) is 16.6 Å². The maximum absolute atomic E-state index is 14.1. The third-order valence-corrected chi connectivity index (χ3v) is 9.66. The largest absolute Gasteiger partial charge is 0.389 e. The number of fused-ring (bicyclic) bond motifs is 3. The molecule has 0 radical (unpaired) electrons. The molecule has 1 heterocycles. The molecule has 222 valence electrons. The predicted octanol–water partition coefficient (Wildman–Crippen LogP) is 6.92. The van der Waals surface area contributed by atoms with Crippen LogP contribution in [0, 0.1) is 13.8 Å². The van der Waals surface area contributed by atoms with Crippen LogP contribution in [0.2, 0.25) is 0 Å². The number of aliphatic hydroxyl groups excluding tert-OH is 1. The van der Waals surface area contributed by atoms with E-state index in [4.69, 9.17) is 0 Å². The molecule has 0 aliphatic rings. The molecule has 0 aliphatic heterocycles. The summed E-state index contributed by atoms with van der Waals surface area (Å²) in [5, 5.41) is 16.6. The first-order valence-electron chi connectivity index (χ1n) is 14.4. The van der Waals surface area contributed by atoms with Crippen LogP contribution in [0.1, 0.15) is 21.5 Å². The van der Waals surface area contributed by atoms with Crippen molar-refractivity contribution in [3.05, 3.63) is 138 Å². The average molecular weight is 604 g/mol. The number of rotatable bonds is 9. The van der Waals surface area contributed by atoms with E-state index in [0.29, 0.717) is 11.3 Å². The number of hydrogen-bond acceptors (Lipinski definition) is 4. The Morgan fingerprint density at radius 1 is 0.795 bits per heavy atom. The Morgan fingerprint density at radius 3 is 2.07 bits per heavy atom. The lowest BCUT2D eigenvalue weighted by Gasteiger charge is -2.28. The SMILES string of the molecule is Cc1ccc(S(=O)(=O)N(CC(O)Cn2c3ccccc3c3ccccc32)c2cccc(C(=O)Nc3ccccc3C)c2)cc1. The first-order chi connectivity index (χ1) is 21.2. The molecule has 2 N–H and O–H groups in total. The van der Waals surface area contributed by atoms with Crippen LogP contribution in [0.4, 0.5) is 11.4 Å². The maximum Gasteiger partial charge on any atom is 0.264 e. The average Bonchev–Trinajstić information content (AvgIpc) is 3.34. The Morgan fingerprint density at radius 2 is 1.41 bits per heavy atom. The van der Waals surface area contributed by atoms with E-state index in [1.165, 1.54) is 4.31 Å². The zero-order valence-electron chi connectivity index (χ0n) is 24.5. The van der Waals surface area contributed by atoms with Crippen molar-refractivity contribution in [2.45, 2.75) is 31.4 Å². The third kappa shape index (κ3) is 5.69. The number of amides is 1. The van der Waals surface area contributed by atoms with Crippen molar-refractivity contribution in [2.24, 2.45) is 0 Å². The summed E-state index contributed by atoms with van der Waals surface area (Å²) in [6, 6.07) is 36.5. The highest BCUT2D eigenvalue weighted by Crippen LogP contribution is 2.30. The molecule has 6 aromatic rings. The van der Waals surface area contributed by atoms with Gasteiger partial charge in [-0.25, -0.2) is 8.42 Å². The van der Waals surface area contributed by atoms with Crippen LogP contribution >= 0.6 is 0 Å². The van der Waals surface area contributed by atoms with Gasteiger partial charge in [0, 0.05) is 33.1 Å². The van der Waals surface area contributed by atoms with Gasteiger partial charge in [0.1, 0.15) is 0 Å². The molecule has 7 nitrogen and oxygen atoms in total. The normalized spacial score (nSPS) is 12.3. The van der Waals surface area contributed by atoms with Gasteiger partial charge >= 0.3 is 0 Å². The Hall–Kier alpha value is -4.92. The molecule has 1 amide bonds. The fraction of sp³-hybridized carbons (Fsp3) is 0.139. The Kier molecular flexibility index (Phi) is 7.95. The zero-order chi connectivity index (χ0) is 30.8. The molecule has 0 saturated carbocycles. The third-order valence-electron chi connectivity index (χ3n) is 7.85. The van der Waals surface area contributed by atoms with E-state index in [2.05, 4.69) is 5.32 Å². The summed E-state index contributed by atoms with van der Waals surface area (Å²) in [4.78, 5) is 13.3. The topological polar surface area (TPSA) is 91.6 Å². The quantitative estimate of drug-likeness (QED) is 0.188. The number of benzene rings is 5. The number of nitrogens with zero attached hydrogens (tertiary/aromatic N) is 2. The number of carbonyl (C=O) groups is 1. The number of carbonyl (C=O) groups excluding carboxylic acids is 1. The summed E-state index contributed by atoms with van der Waals surface area (Å²) in [7, 11) is -4.11. The van der Waals surface area contributed by atoms with E-state index < -0.39 is 16.1 Å². The van der Waals surface area contributed by atoms with Gasteiger partial charge < -0.3 is 15.0 Å². The molecule has 0 saturated heterocycles. The van der Waals surface area contributed by atoms with Crippen molar-refractivity contribution < 1.29 is 18.3 Å². The minimum atomic E-state index is -4.11. The van der Waals surface area contributed by atoms with Crippen molar-refractivity contribution in [2.75, 3.05) is 16.2 Å². The summed E-state index contributed by atoms with van der Waals surface area (Å²) in [5.41, 5.74) is 5.00. The molecule has 0 bridgehead atoms. The van der Waals surface area contributed by atoms with E-state index >= 15 is 0 Å². The van der Waals surface area contributed by atoms with Crippen LogP contribution in [0.5, 0.6) is 0 Å². The fourth-order valence-electron chi connectivity index (χ4n) is 5.55. The van der Waals surface area contributed by atoms with Gasteiger partial charge in [0.15, 0.2) is 0 Å². The number of nitrogens with one attached hydrogen (secondary N) is 1. The zero-order valence-corrected chi connectivity index (χ0v) is 25.3. The van der Waals surface area contributed by atoms with Gasteiger partial charge in [-0.2, -0.15) is 0 Å². The second-order valence-corrected chi connectivity index (χ2v) is 12.8. The number of para-hydroxylation sites is 3. The first kappa shape index (κ1) is 29.2. The Balaban J connectivity index is 1.36. The molecule has 44 heavy (non-hydrogen) atoms. The standard InChI is InChI=1S/C36H33N3O4S/c1-25-18-20-30(21-19-25)44(42,43)39(28-12-9-11-27(22-28)36(41)37-33-15-6-3-10-26(33)2)24-29(40)23-38-34-16-7-4-13-31(34)32-14-5-8-17-35(32)38/h3-22,29,40H,23-24H2,1-2H3,(H,37,41). The van der Waals surface area contributed by atoms with Gasteiger partial charge in [-0.3, -0.25) is 9.10 Å². The number of sulfonamides is 1. The molecule has 1 unspecified atom stereocenters. The summed E-state index contributed by atoms with van der Waals surface area (Å²) in [6.45, 7) is 3.74. The molecule has 1 atom stereocenters. The van der Waals surface area contributed by atoms with Gasteiger partial charge in [0.2, 0.25) is 0 Å². The van der Waals surface area contributed by atoms with Gasteiger partial charge in [-0.05, 0) is 67.9 Å². The van der Waals surface area contributed by atoms with Gasteiger partial charge in [0.25, 0.3) is 15.9 Å². The summed E-state index contributed by atoms with van der Waals surface area (Å²) in [6.07, 6.45) is -1.07. The number of hydrogen-bond donors (Lipinski definition) is 2. The molecule has 0 spiro atoms. The van der Waals surface area contributed by atoms with Crippen LogP contribution in [-0.4, -0.2) is 36.6 Å². The molecule has 0 fully saturated rings. The van der Waals surface area contributed by atoms with Gasteiger partial charge in [-0.1, -0.05) is 78.4 Å². The Labute approximate surface area is 257 Å². The predicted molar refractivity (Wildman–Crippen MR) is 177 cm³/mol. The van der Waals surface area contributed by atoms with E-state index in [1.54, 1.807) is 48.5 Å². The van der Waals surface area contributed by atoms with E-state index in [-0.39, 0.29) is 29.6 Å². The highest BCUT2D eigenvalue weighted by Gasteiger charge is 2.28. The Bertz CT molecular complexity index is 2030. The first-order valence-corrected chi connectivity index (χ1v) is 15.9. The number of aliphatic hydroxyl groups is 1. The molecule has 8 heteroatoms. The van der Waals surface area contributed by atoms with E-state index in [0.717, 1.165) is 32.9 Å². The summed E-state index contributed by atoms with van der Waals surface area (Å²) < 4.78 is 31.5. The second-order valence-electron chi connectivity index (χ2n) is 11.0. The van der Waals surface area contributed by atoms with E-state index in [9.17, 15) is 18.3 Å². The lowest BCUT2D eigenvalue weighted by Crippen LogP contribution is -2.39. The minimum Gasteiger partial charge on any atom is -0.389 e. The number of anilines is 2. The van der Waals surface area contributed by atoms with Crippen molar-refractivity contribution in [3.63, 3.8) is 0 Å². The lowest BCUT2D eigenvalue weighted by molar-refractivity contribution is 0.102. The van der Waals surface area contributed by atoms with E-state index in [1.807, 2.05) is 91.2 Å². The molecule has 6 rings (SSSR count). The van der Waals surface area contributed by atoms with Crippen LogP contribution in [0.25, 0.3) is 21.8 Å². The van der Waals surface area contributed by atoms with Crippen LogP contribution in [0.15, 0.2) is 126 Å². The summed E-state index contributed by atoms with van der Waals surface area (Å²) >= 11 is 0. The van der Waals surface area contributed by atoms with Crippen molar-refractivity contribution >= 4 is 49.1 Å². The summed E-state index contributed by atoms with van der Waals surface area (Å²) in [5.74, 6) is -0.361. The molecule has 0 aliphatic carbocycles. The van der Waals surface area contributed by atoms with Crippen molar-refractivity contribution in [1.29, 1.82) is 0 Å². The second kappa shape index (κ2) is 12.0. The molecular weight excluding hydrogens is 570 g/mol. The van der Waals surface area contributed by atoms with Crippen molar-refractivity contribution in [1.82, 2.24) is 4.57 Å². The molecule has 5 aromatic carbocycles. The van der Waals surface area contributed by atoms with Gasteiger partial charge in [-0.15, -0.1) is 0 Å². The minimum absolute atomic E-state index is 0.0990. The monoisotopic (exact) mass is 603 g/mol. The highest BCUT2D eigenvalue weighted by molar-refractivity contribution is 7.92. The van der Waals surface area contributed by atoms with Crippen molar-refractivity contribution in [3.8, 4) is 0 Å². The number of aromatic nitrogens is 1. The maximum atomic E-state index is 14.1. The lowest BCUT2D eigenvalue weighted by atomic mass is 10.1. The van der Waals surface area contributed by atoms with Gasteiger partial charge in [0.05, 0.1) is 29.8 Å². The van der Waals surface area contributed by atoms with Crippen LogP contribution < -0.4 is 9.62 Å². The smallest absolute Gasteiger partial charge is 0.264 e. The fourth-order valence-corrected chi connectivity index (χ4v) is 7.04. The number of aryl methyl sites for hydroxylation is 2. The molecular formula is C36H33N3O4S. The molecule has 1 aromatic heterocycles. The highest BCUT2D eigenvalue weighted by atomic mass is 32.2.